The van der Waals surface area contributed by atoms with E-state index in [0.717, 1.165) is 0 Å². The summed E-state index contributed by atoms with van der Waals surface area (Å²) in [6.45, 7) is 6.23. The number of hydrogen-bond donors (Lipinski definition) is 2. The summed E-state index contributed by atoms with van der Waals surface area (Å²) >= 11 is 5.86. The quantitative estimate of drug-likeness (QED) is 0.539. The predicted molar refractivity (Wildman–Crippen MR) is 137 cm³/mol. The standard InChI is InChI=1S/C26H28ClN5O4/c1-26(2,3)36-25(35)32-13-10-18(11-14-32)23(33)30-21-8-6-17(5-4-12-28)15-20(21)24(34)31-22-9-7-19(27)16-29-22/h4-9,15-16,18H,10-11,13-14H2,1-3H3,(H,30,33)(H,29,31,34)/b5-4+. The van der Waals surface area contributed by atoms with E-state index in [-0.39, 0.29) is 17.4 Å². The molecule has 1 aromatic heterocycles. The van der Waals surface area contributed by atoms with Gasteiger partial charge in [-0.15, -0.1) is 0 Å². The highest BCUT2D eigenvalue weighted by Crippen LogP contribution is 2.25. The zero-order chi connectivity index (χ0) is 26.3. The topological polar surface area (TPSA) is 124 Å². The molecule has 188 valence electrons. The predicted octanol–water partition coefficient (Wildman–Crippen LogP) is 5.11. The Bertz CT molecular complexity index is 1190. The Labute approximate surface area is 215 Å². The minimum atomic E-state index is -0.585. The highest BCUT2D eigenvalue weighted by molar-refractivity contribution is 6.30. The Hall–Kier alpha value is -3.90. The van der Waals surface area contributed by atoms with Gasteiger partial charge in [0.25, 0.3) is 5.91 Å². The van der Waals surface area contributed by atoms with Crippen molar-refractivity contribution >= 4 is 47.1 Å². The summed E-state index contributed by atoms with van der Waals surface area (Å²) in [6.07, 6.45) is 4.84. The number of aromatic nitrogens is 1. The first-order valence-corrected chi connectivity index (χ1v) is 11.9. The van der Waals surface area contributed by atoms with Gasteiger partial charge in [0.2, 0.25) is 5.91 Å². The minimum Gasteiger partial charge on any atom is -0.444 e. The number of nitrogens with zero attached hydrogens (tertiary/aromatic N) is 3. The number of hydrogen-bond acceptors (Lipinski definition) is 6. The third-order valence-corrected chi connectivity index (χ3v) is 5.61. The van der Waals surface area contributed by atoms with E-state index >= 15 is 0 Å². The van der Waals surface area contributed by atoms with Crippen LogP contribution in [0.3, 0.4) is 0 Å². The highest BCUT2D eigenvalue weighted by Gasteiger charge is 2.30. The van der Waals surface area contributed by atoms with Crippen LogP contribution >= 0.6 is 11.6 Å². The van der Waals surface area contributed by atoms with Gasteiger partial charge in [0.15, 0.2) is 0 Å². The van der Waals surface area contributed by atoms with Crippen LogP contribution in [0.1, 0.15) is 49.5 Å². The van der Waals surface area contributed by atoms with Gasteiger partial charge in [0.1, 0.15) is 11.4 Å². The summed E-state index contributed by atoms with van der Waals surface area (Å²) < 4.78 is 5.41. The Morgan fingerprint density at radius 2 is 1.89 bits per heavy atom. The molecule has 0 unspecified atom stereocenters. The molecule has 0 atom stereocenters. The largest absolute Gasteiger partial charge is 0.444 e. The number of rotatable bonds is 5. The van der Waals surface area contributed by atoms with Gasteiger partial charge in [0, 0.05) is 31.3 Å². The first-order valence-electron chi connectivity index (χ1n) is 11.5. The second kappa shape index (κ2) is 11.7. The Morgan fingerprint density at radius 1 is 1.17 bits per heavy atom. The van der Waals surface area contributed by atoms with Crippen molar-refractivity contribution < 1.29 is 19.1 Å². The van der Waals surface area contributed by atoms with Crippen LogP contribution in [0, 0.1) is 17.2 Å². The number of amides is 3. The van der Waals surface area contributed by atoms with Gasteiger partial charge >= 0.3 is 6.09 Å². The molecule has 1 aliphatic rings. The molecule has 3 rings (SSSR count). The van der Waals surface area contributed by atoms with Gasteiger partial charge in [0.05, 0.1) is 22.3 Å². The molecule has 0 aliphatic carbocycles. The number of pyridine rings is 1. The number of nitriles is 1. The molecular weight excluding hydrogens is 482 g/mol. The summed E-state index contributed by atoms with van der Waals surface area (Å²) in [5.74, 6) is -0.741. The van der Waals surface area contributed by atoms with E-state index in [1.165, 1.54) is 12.3 Å². The molecule has 0 spiro atoms. The van der Waals surface area contributed by atoms with E-state index in [9.17, 15) is 14.4 Å². The molecule has 0 radical (unpaired) electrons. The van der Waals surface area contributed by atoms with E-state index in [1.807, 2.05) is 26.8 Å². The number of carbonyl (C=O) groups excluding carboxylic acids is 3. The zero-order valence-electron chi connectivity index (χ0n) is 20.4. The number of allylic oxidation sites excluding steroid dienone is 1. The summed E-state index contributed by atoms with van der Waals surface area (Å²) in [4.78, 5) is 44.1. The summed E-state index contributed by atoms with van der Waals surface area (Å²) in [6, 6.07) is 9.98. The molecule has 2 aromatic rings. The lowest BCUT2D eigenvalue weighted by molar-refractivity contribution is -0.121. The van der Waals surface area contributed by atoms with Crippen molar-refractivity contribution in [3.05, 3.63) is 58.8 Å². The van der Waals surface area contributed by atoms with Gasteiger partial charge < -0.3 is 20.3 Å². The molecule has 9 nitrogen and oxygen atoms in total. The molecule has 1 aliphatic heterocycles. The van der Waals surface area contributed by atoms with Crippen LogP contribution in [0.25, 0.3) is 6.08 Å². The molecule has 2 N–H and O–H groups in total. The Kier molecular flexibility index (Phi) is 8.67. The molecule has 3 amide bonds. The van der Waals surface area contributed by atoms with E-state index in [1.54, 1.807) is 41.3 Å². The van der Waals surface area contributed by atoms with Crippen molar-refractivity contribution in [3.8, 4) is 6.07 Å². The van der Waals surface area contributed by atoms with E-state index in [2.05, 4.69) is 15.6 Å². The minimum absolute atomic E-state index is 0.214. The van der Waals surface area contributed by atoms with Gasteiger partial charge in [-0.3, -0.25) is 9.59 Å². The van der Waals surface area contributed by atoms with Crippen molar-refractivity contribution in [2.75, 3.05) is 23.7 Å². The highest BCUT2D eigenvalue weighted by atomic mass is 35.5. The molecule has 1 fully saturated rings. The van der Waals surface area contributed by atoms with Crippen LogP contribution < -0.4 is 10.6 Å². The fraction of sp³-hybridized carbons (Fsp3) is 0.346. The number of nitrogens with one attached hydrogen (secondary N) is 2. The summed E-state index contributed by atoms with van der Waals surface area (Å²) in [5.41, 5.74) is 0.578. The van der Waals surface area contributed by atoms with Crippen LogP contribution in [0.15, 0.2) is 42.6 Å². The number of likely N-dealkylation sites (tertiary alicyclic amines) is 1. The number of anilines is 2. The second-order valence-electron chi connectivity index (χ2n) is 9.31. The molecule has 1 aromatic carbocycles. The molecular formula is C26H28ClN5O4. The number of ether oxygens (including phenoxy) is 1. The lowest BCUT2D eigenvalue weighted by Gasteiger charge is -2.33. The van der Waals surface area contributed by atoms with Crippen LogP contribution in [0.5, 0.6) is 0 Å². The maximum Gasteiger partial charge on any atom is 0.410 e. The first-order chi connectivity index (χ1) is 17.1. The van der Waals surface area contributed by atoms with Crippen LogP contribution in [0.4, 0.5) is 16.3 Å². The third kappa shape index (κ3) is 7.55. The number of carbonyl (C=O) groups is 3. The van der Waals surface area contributed by atoms with Crippen LogP contribution in [-0.2, 0) is 9.53 Å². The smallest absolute Gasteiger partial charge is 0.410 e. The average molecular weight is 510 g/mol. The third-order valence-electron chi connectivity index (χ3n) is 5.38. The van der Waals surface area contributed by atoms with Gasteiger partial charge in [-0.1, -0.05) is 17.7 Å². The van der Waals surface area contributed by atoms with E-state index < -0.39 is 17.6 Å². The van der Waals surface area contributed by atoms with Crippen molar-refractivity contribution in [1.29, 1.82) is 5.26 Å². The maximum absolute atomic E-state index is 13.1. The van der Waals surface area contributed by atoms with E-state index in [4.69, 9.17) is 21.6 Å². The van der Waals surface area contributed by atoms with Crippen molar-refractivity contribution in [3.63, 3.8) is 0 Å². The van der Waals surface area contributed by atoms with Crippen molar-refractivity contribution in [2.24, 2.45) is 5.92 Å². The zero-order valence-corrected chi connectivity index (χ0v) is 21.1. The molecule has 0 saturated carbocycles. The molecule has 36 heavy (non-hydrogen) atoms. The van der Waals surface area contributed by atoms with Crippen LogP contribution in [-0.4, -0.2) is 46.5 Å². The number of halogens is 1. The first kappa shape index (κ1) is 26.7. The van der Waals surface area contributed by atoms with Gasteiger partial charge in [-0.2, -0.15) is 5.26 Å². The van der Waals surface area contributed by atoms with Crippen LogP contribution in [0.2, 0.25) is 5.02 Å². The van der Waals surface area contributed by atoms with E-state index in [0.29, 0.717) is 48.0 Å². The Morgan fingerprint density at radius 3 is 2.50 bits per heavy atom. The fourth-order valence-corrected chi connectivity index (χ4v) is 3.73. The number of benzene rings is 1. The lowest BCUT2D eigenvalue weighted by Crippen LogP contribution is -2.43. The normalized spacial score (nSPS) is 14.2. The Balaban J connectivity index is 1.72. The summed E-state index contributed by atoms with van der Waals surface area (Å²) in [5, 5.41) is 14.8. The molecule has 0 bridgehead atoms. The van der Waals surface area contributed by atoms with Crippen molar-refractivity contribution in [1.82, 2.24) is 9.88 Å². The summed E-state index contributed by atoms with van der Waals surface area (Å²) in [7, 11) is 0. The average Bonchev–Trinajstić information content (AvgIpc) is 2.83. The SMILES string of the molecule is CC(C)(C)OC(=O)N1CCC(C(=O)Nc2ccc(/C=C/C#N)cc2C(=O)Nc2ccc(Cl)cn2)CC1. The molecule has 1 saturated heterocycles. The fourth-order valence-electron chi connectivity index (χ4n) is 3.61. The van der Waals surface area contributed by atoms with Gasteiger partial charge in [-0.25, -0.2) is 9.78 Å². The monoisotopic (exact) mass is 509 g/mol. The number of piperidine rings is 1. The van der Waals surface area contributed by atoms with Gasteiger partial charge in [-0.05, 0) is 69.5 Å². The van der Waals surface area contributed by atoms with Crippen molar-refractivity contribution in [2.45, 2.75) is 39.2 Å². The lowest BCUT2D eigenvalue weighted by atomic mass is 9.95. The molecule has 10 heteroatoms. The second-order valence-corrected chi connectivity index (χ2v) is 9.75. The maximum atomic E-state index is 13.1. The molecule has 2 heterocycles.